The minimum absolute atomic E-state index is 0.595. The summed E-state index contributed by atoms with van der Waals surface area (Å²) in [5.74, 6) is 0. The molecule has 270 valence electrons. The molecule has 0 bridgehead atoms. The molecule has 0 N–H and O–H groups in total. The van der Waals surface area contributed by atoms with Gasteiger partial charge in [-0.1, -0.05) is 170 Å². The third-order valence-electron chi connectivity index (χ3n) is 11.5. The molecule has 1 aromatic heterocycles. The van der Waals surface area contributed by atoms with E-state index in [-0.39, 0.29) is 0 Å². The Morgan fingerprint density at radius 3 is 1.55 bits per heavy atom. The van der Waals surface area contributed by atoms with Crippen LogP contribution in [0.2, 0.25) is 0 Å². The molecule has 3 heteroatoms. The normalized spacial score (nSPS) is 11.4. The summed E-state index contributed by atoms with van der Waals surface area (Å²) < 4.78 is 2.36. The van der Waals surface area contributed by atoms with Crippen molar-refractivity contribution in [3.8, 4) is 27.9 Å². The molecule has 11 aromatic rings. The third kappa shape index (κ3) is 5.35. The molecule has 0 fully saturated rings. The van der Waals surface area contributed by atoms with Gasteiger partial charge in [-0.15, -0.1) is 0 Å². The van der Waals surface area contributed by atoms with Gasteiger partial charge in [-0.2, -0.15) is 0 Å². The average Bonchev–Trinajstić information content (AvgIpc) is 3.63. The molecular weight excluding hydrogens is 703 g/mol. The molecule has 0 aliphatic heterocycles. The van der Waals surface area contributed by atoms with Gasteiger partial charge in [0.1, 0.15) is 0 Å². The lowest BCUT2D eigenvalue weighted by atomic mass is 9.89. The van der Waals surface area contributed by atoms with Gasteiger partial charge >= 0.3 is 0 Å². The van der Waals surface area contributed by atoms with Crippen LogP contribution in [0.1, 0.15) is 0 Å². The van der Waals surface area contributed by atoms with Crippen molar-refractivity contribution < 1.29 is 0 Å². The highest BCUT2D eigenvalue weighted by atomic mass is 15.1. The van der Waals surface area contributed by atoms with Gasteiger partial charge in [0.15, 0.2) is 5.69 Å². The van der Waals surface area contributed by atoms with Crippen LogP contribution in [0, 0.1) is 6.57 Å². The Labute approximate surface area is 336 Å². The van der Waals surface area contributed by atoms with Crippen LogP contribution in [0.15, 0.2) is 212 Å². The summed E-state index contributed by atoms with van der Waals surface area (Å²) in [5, 5.41) is 9.53. The van der Waals surface area contributed by atoms with Crippen LogP contribution in [0.5, 0.6) is 0 Å². The highest BCUT2D eigenvalue weighted by Gasteiger charge is 2.23. The van der Waals surface area contributed by atoms with Crippen molar-refractivity contribution in [2.45, 2.75) is 0 Å². The Balaban J connectivity index is 1.15. The van der Waals surface area contributed by atoms with E-state index in [1.807, 2.05) is 18.2 Å². The van der Waals surface area contributed by atoms with Crippen molar-refractivity contribution >= 4 is 76.9 Å². The van der Waals surface area contributed by atoms with Gasteiger partial charge < -0.3 is 9.47 Å². The van der Waals surface area contributed by atoms with E-state index in [2.05, 4.69) is 208 Å². The maximum Gasteiger partial charge on any atom is 0.189 e. The van der Waals surface area contributed by atoms with Crippen LogP contribution < -0.4 is 4.90 Å². The number of nitrogens with zero attached hydrogens (tertiary/aromatic N) is 3. The summed E-state index contributed by atoms with van der Waals surface area (Å²) in [6, 6.07) is 75.8. The Kier molecular flexibility index (Phi) is 7.88. The minimum Gasteiger partial charge on any atom is -0.310 e. The van der Waals surface area contributed by atoms with Crippen molar-refractivity contribution in [1.29, 1.82) is 0 Å². The van der Waals surface area contributed by atoms with E-state index in [9.17, 15) is 0 Å². The maximum absolute atomic E-state index is 7.97. The van der Waals surface area contributed by atoms with E-state index in [4.69, 9.17) is 6.57 Å². The summed E-state index contributed by atoms with van der Waals surface area (Å²) in [6.45, 7) is 7.97. The van der Waals surface area contributed by atoms with E-state index < -0.39 is 0 Å². The predicted octanol–water partition coefficient (Wildman–Crippen LogP) is 15.6. The zero-order chi connectivity index (χ0) is 38.6. The minimum atomic E-state index is 0.595. The van der Waals surface area contributed by atoms with Gasteiger partial charge in [0.2, 0.25) is 0 Å². The summed E-state index contributed by atoms with van der Waals surface area (Å²) in [5.41, 5.74) is 11.8. The van der Waals surface area contributed by atoms with Crippen LogP contribution >= 0.6 is 0 Å². The zero-order valence-electron chi connectivity index (χ0n) is 31.5. The van der Waals surface area contributed by atoms with Gasteiger partial charge in [-0.3, -0.25) is 0 Å². The van der Waals surface area contributed by atoms with Crippen LogP contribution in [0.4, 0.5) is 22.7 Å². The fourth-order valence-electron chi connectivity index (χ4n) is 9.03. The van der Waals surface area contributed by atoms with Crippen molar-refractivity contribution in [2.75, 3.05) is 4.90 Å². The first-order chi connectivity index (χ1) is 28.7. The first kappa shape index (κ1) is 33.4. The molecule has 0 saturated heterocycles. The van der Waals surface area contributed by atoms with Crippen molar-refractivity contribution in [1.82, 2.24) is 4.57 Å². The number of fused-ring (bicyclic) bond motifs is 6. The highest BCUT2D eigenvalue weighted by Crippen LogP contribution is 2.49. The molecule has 0 saturated carbocycles. The molecule has 0 unspecified atom stereocenters. The Morgan fingerprint density at radius 2 is 0.897 bits per heavy atom. The zero-order valence-corrected chi connectivity index (χ0v) is 31.5. The fourth-order valence-corrected chi connectivity index (χ4v) is 9.03. The largest absolute Gasteiger partial charge is 0.310 e. The molecule has 3 nitrogen and oxygen atoms in total. The maximum atomic E-state index is 7.97. The lowest BCUT2D eigenvalue weighted by Crippen LogP contribution is -2.12. The second-order valence-corrected chi connectivity index (χ2v) is 14.8. The van der Waals surface area contributed by atoms with E-state index in [1.165, 1.54) is 49.0 Å². The van der Waals surface area contributed by atoms with E-state index in [1.54, 1.807) is 0 Å². The fraction of sp³-hybridized carbons (Fsp3) is 0. The van der Waals surface area contributed by atoms with Gasteiger partial charge in [-0.05, 0) is 86.3 Å². The summed E-state index contributed by atoms with van der Waals surface area (Å²) in [4.78, 5) is 6.22. The van der Waals surface area contributed by atoms with Crippen LogP contribution in [0.25, 0.3) is 86.9 Å². The second-order valence-electron chi connectivity index (χ2n) is 14.8. The Bertz CT molecular complexity index is 3310. The molecule has 0 atom stereocenters. The molecule has 0 aliphatic rings. The number of aromatic nitrogens is 1. The molecule has 58 heavy (non-hydrogen) atoms. The summed E-state index contributed by atoms with van der Waals surface area (Å²) >= 11 is 0. The Hall–Kier alpha value is -7.93. The highest BCUT2D eigenvalue weighted by molar-refractivity contribution is 6.22. The molecule has 0 spiro atoms. The van der Waals surface area contributed by atoms with E-state index >= 15 is 0 Å². The number of para-hydroxylation sites is 2. The number of hydrogen-bond acceptors (Lipinski definition) is 1. The molecule has 1 heterocycles. The standard InChI is InChI=1S/C55H35N3/c1-56-40-17-13-18-41(35-40)57(42-19-14-20-43(36-42)58-52-29-10-8-22-46(52)47-23-9-11-30-53(47)58)55-50-26-6-4-24-48(50)54(49-25-5-7-27-51(49)55)39-33-31-38(32-34-39)45-28-12-16-37-15-2-3-21-44(37)45/h2-36H. The predicted molar refractivity (Wildman–Crippen MR) is 245 cm³/mol. The van der Waals surface area contributed by atoms with Gasteiger partial charge in [-0.25, -0.2) is 4.85 Å². The third-order valence-corrected chi connectivity index (χ3v) is 11.5. The molecule has 10 aromatic carbocycles. The monoisotopic (exact) mass is 737 g/mol. The number of rotatable bonds is 6. The topological polar surface area (TPSA) is 12.5 Å². The van der Waals surface area contributed by atoms with Crippen LogP contribution in [-0.4, -0.2) is 4.57 Å². The smallest absolute Gasteiger partial charge is 0.189 e. The van der Waals surface area contributed by atoms with E-state index in [0.717, 1.165) is 50.1 Å². The molecular formula is C55H35N3. The van der Waals surface area contributed by atoms with Crippen LogP contribution in [0.3, 0.4) is 0 Å². The number of hydrogen-bond donors (Lipinski definition) is 0. The first-order valence-electron chi connectivity index (χ1n) is 19.6. The second kappa shape index (κ2) is 13.7. The molecule has 11 rings (SSSR count). The van der Waals surface area contributed by atoms with Gasteiger partial charge in [0, 0.05) is 38.6 Å². The lowest BCUT2D eigenvalue weighted by molar-refractivity contribution is 1.17. The van der Waals surface area contributed by atoms with Crippen molar-refractivity contribution in [2.24, 2.45) is 0 Å². The quantitative estimate of drug-likeness (QED) is 0.122. The average molecular weight is 738 g/mol. The summed E-state index contributed by atoms with van der Waals surface area (Å²) in [6.07, 6.45) is 0. The SMILES string of the molecule is [C-]#[N+]c1cccc(N(c2cccc(-n3c4ccccc4c4ccccc43)c2)c2c3ccccc3c(-c3ccc(-c4cccc5ccccc45)cc3)c3ccccc23)c1. The Morgan fingerprint density at radius 1 is 0.397 bits per heavy atom. The van der Waals surface area contributed by atoms with E-state index in [0.29, 0.717) is 5.69 Å². The summed E-state index contributed by atoms with van der Waals surface area (Å²) in [7, 11) is 0. The van der Waals surface area contributed by atoms with Gasteiger partial charge in [0.25, 0.3) is 0 Å². The number of anilines is 3. The lowest BCUT2D eigenvalue weighted by Gasteiger charge is -2.30. The molecule has 0 radical (unpaired) electrons. The van der Waals surface area contributed by atoms with Crippen LogP contribution in [-0.2, 0) is 0 Å². The van der Waals surface area contributed by atoms with Gasteiger partial charge in [0.05, 0.1) is 23.3 Å². The number of benzene rings is 10. The molecule has 0 amide bonds. The van der Waals surface area contributed by atoms with Crippen molar-refractivity contribution in [3.63, 3.8) is 0 Å². The first-order valence-corrected chi connectivity index (χ1v) is 19.6. The molecule has 0 aliphatic carbocycles. The van der Waals surface area contributed by atoms with Crippen molar-refractivity contribution in [3.05, 3.63) is 224 Å².